The molecule has 3 aromatic carbocycles. The van der Waals surface area contributed by atoms with Gasteiger partial charge >= 0.3 is 5.69 Å². The largest absolute Gasteiger partial charge is 0.494 e. The second kappa shape index (κ2) is 12.4. The Bertz CT molecular complexity index is 1570. The summed E-state index contributed by atoms with van der Waals surface area (Å²) in [7, 11) is 0. The summed E-state index contributed by atoms with van der Waals surface area (Å²) in [6.07, 6.45) is 0.446. The number of aryl methyl sites for hydroxylation is 1. The number of aromatic nitrogens is 2. The zero-order valence-electron chi connectivity index (χ0n) is 20.9. The van der Waals surface area contributed by atoms with Crippen LogP contribution >= 0.6 is 15.9 Å². The number of nitrogens with zero attached hydrogens (tertiary/aromatic N) is 4. The molecular weight excluding hydrogens is 570 g/mol. The van der Waals surface area contributed by atoms with Crippen molar-refractivity contribution in [1.29, 1.82) is 0 Å². The van der Waals surface area contributed by atoms with Crippen LogP contribution in [-0.2, 0) is 29.2 Å². The van der Waals surface area contributed by atoms with Crippen LogP contribution < -0.4 is 16.2 Å². The van der Waals surface area contributed by atoms with Crippen LogP contribution in [0.2, 0.25) is 0 Å². The second-order valence-electron chi connectivity index (χ2n) is 8.81. The van der Waals surface area contributed by atoms with E-state index in [-0.39, 0.29) is 31.9 Å². The van der Waals surface area contributed by atoms with Crippen LogP contribution in [0.25, 0.3) is 11.0 Å². The first-order chi connectivity index (χ1) is 18.7. The number of nitro benzene ring substituents is 1. The number of rotatable bonds is 12. The van der Waals surface area contributed by atoms with E-state index in [1.807, 2.05) is 42.5 Å². The Morgan fingerprint density at radius 2 is 1.77 bits per heavy atom. The average Bonchev–Trinajstić information content (AvgIpc) is 3.16. The van der Waals surface area contributed by atoms with Crippen molar-refractivity contribution >= 4 is 44.5 Å². The van der Waals surface area contributed by atoms with Crippen molar-refractivity contribution < 1.29 is 19.2 Å². The molecule has 2 amide bonds. The van der Waals surface area contributed by atoms with Crippen LogP contribution in [0, 0.1) is 10.1 Å². The highest BCUT2D eigenvalue weighted by Gasteiger charge is 2.22. The van der Waals surface area contributed by atoms with Gasteiger partial charge in [0.15, 0.2) is 0 Å². The maximum absolute atomic E-state index is 13.5. The number of ether oxygens (including phenoxy) is 1. The maximum atomic E-state index is 13.5. The number of primary amides is 1. The molecule has 4 aromatic rings. The lowest BCUT2D eigenvalue weighted by atomic mass is 10.2. The summed E-state index contributed by atoms with van der Waals surface area (Å²) in [5.41, 5.74) is 6.18. The highest BCUT2D eigenvalue weighted by molar-refractivity contribution is 9.10. The standard InChI is InChI=1S/C27H26BrN5O6/c28-20-7-4-6-19(14-20)16-30(17-25(29)34)26(35)18-32-23-11-10-21(33(37)38)15-24(23)31(27(32)36)12-5-13-39-22-8-2-1-3-9-22/h1-4,6-11,14-15H,5,12-13,16-18H2,(H2,29,34). The topological polar surface area (TPSA) is 143 Å². The summed E-state index contributed by atoms with van der Waals surface area (Å²) in [6.45, 7) is -0.0660. The number of halogens is 1. The molecule has 2 N–H and O–H groups in total. The van der Waals surface area contributed by atoms with E-state index in [2.05, 4.69) is 15.9 Å². The normalized spacial score (nSPS) is 10.9. The first-order valence-corrected chi connectivity index (χ1v) is 12.9. The Morgan fingerprint density at radius 3 is 2.46 bits per heavy atom. The van der Waals surface area contributed by atoms with Gasteiger partial charge in [-0.25, -0.2) is 4.79 Å². The average molecular weight is 596 g/mol. The molecule has 0 saturated heterocycles. The van der Waals surface area contributed by atoms with Crippen LogP contribution in [0.3, 0.4) is 0 Å². The van der Waals surface area contributed by atoms with E-state index in [0.29, 0.717) is 29.8 Å². The zero-order valence-corrected chi connectivity index (χ0v) is 22.5. The van der Waals surface area contributed by atoms with Gasteiger partial charge in [0.05, 0.1) is 29.1 Å². The third kappa shape index (κ3) is 6.90. The molecule has 0 bridgehead atoms. The second-order valence-corrected chi connectivity index (χ2v) is 9.73. The number of para-hydroxylation sites is 1. The number of non-ortho nitro benzene ring substituents is 1. The Kier molecular flexibility index (Phi) is 8.77. The van der Waals surface area contributed by atoms with E-state index in [1.165, 1.54) is 32.2 Å². The van der Waals surface area contributed by atoms with E-state index >= 15 is 0 Å². The highest BCUT2D eigenvalue weighted by atomic mass is 79.9. The fraction of sp³-hybridized carbons (Fsp3) is 0.222. The van der Waals surface area contributed by atoms with Crippen LogP contribution in [-0.4, -0.2) is 43.9 Å². The highest BCUT2D eigenvalue weighted by Crippen LogP contribution is 2.21. The molecule has 1 heterocycles. The smallest absolute Gasteiger partial charge is 0.329 e. The fourth-order valence-corrected chi connectivity index (χ4v) is 4.68. The van der Waals surface area contributed by atoms with Gasteiger partial charge in [-0.05, 0) is 42.3 Å². The quantitative estimate of drug-likeness (QED) is 0.151. The number of hydrogen-bond acceptors (Lipinski definition) is 6. The number of benzene rings is 3. The van der Waals surface area contributed by atoms with Crippen LogP contribution in [0.1, 0.15) is 12.0 Å². The number of fused-ring (bicyclic) bond motifs is 1. The van der Waals surface area contributed by atoms with Crippen molar-refractivity contribution in [3.8, 4) is 5.75 Å². The van der Waals surface area contributed by atoms with E-state index in [9.17, 15) is 24.5 Å². The third-order valence-electron chi connectivity index (χ3n) is 6.01. The molecule has 11 nitrogen and oxygen atoms in total. The van der Waals surface area contributed by atoms with Gasteiger partial charge in [-0.15, -0.1) is 0 Å². The van der Waals surface area contributed by atoms with Crippen LogP contribution in [0.5, 0.6) is 5.75 Å². The predicted octanol–water partition coefficient (Wildman–Crippen LogP) is 3.46. The zero-order chi connectivity index (χ0) is 27.9. The first kappa shape index (κ1) is 27.6. The Hall–Kier alpha value is -4.45. The Balaban J connectivity index is 1.61. The summed E-state index contributed by atoms with van der Waals surface area (Å²) < 4.78 is 9.17. The predicted molar refractivity (Wildman–Crippen MR) is 148 cm³/mol. The van der Waals surface area contributed by atoms with Gasteiger partial charge in [-0.3, -0.25) is 28.8 Å². The molecule has 0 aliphatic carbocycles. The minimum Gasteiger partial charge on any atom is -0.494 e. The van der Waals surface area contributed by atoms with Crippen molar-refractivity contribution in [3.05, 3.63) is 103 Å². The van der Waals surface area contributed by atoms with Gasteiger partial charge in [-0.1, -0.05) is 46.3 Å². The minimum absolute atomic E-state index is 0.108. The summed E-state index contributed by atoms with van der Waals surface area (Å²) >= 11 is 3.39. The molecule has 0 saturated carbocycles. The lowest BCUT2D eigenvalue weighted by Gasteiger charge is -2.21. The molecule has 12 heteroatoms. The van der Waals surface area contributed by atoms with E-state index < -0.39 is 22.4 Å². The molecular formula is C27H26BrN5O6. The van der Waals surface area contributed by atoms with Crippen molar-refractivity contribution in [3.63, 3.8) is 0 Å². The summed E-state index contributed by atoms with van der Waals surface area (Å²) in [6, 6.07) is 20.5. The van der Waals surface area contributed by atoms with E-state index in [4.69, 9.17) is 10.5 Å². The molecule has 0 radical (unpaired) electrons. The lowest BCUT2D eigenvalue weighted by molar-refractivity contribution is -0.384. The Labute approximate surface area is 231 Å². The minimum atomic E-state index is -0.692. The summed E-state index contributed by atoms with van der Waals surface area (Å²) in [5, 5.41) is 11.4. The number of amides is 2. The van der Waals surface area contributed by atoms with E-state index in [0.717, 1.165) is 10.0 Å². The molecule has 4 rings (SSSR count). The van der Waals surface area contributed by atoms with Crippen molar-refractivity contribution in [2.75, 3.05) is 13.2 Å². The molecule has 202 valence electrons. The Morgan fingerprint density at radius 1 is 1.00 bits per heavy atom. The number of imidazole rings is 1. The number of hydrogen-bond donors (Lipinski definition) is 1. The molecule has 0 unspecified atom stereocenters. The summed E-state index contributed by atoms with van der Waals surface area (Å²) in [4.78, 5) is 50.7. The SMILES string of the molecule is NC(=O)CN(Cc1cccc(Br)c1)C(=O)Cn1c(=O)n(CCCOc2ccccc2)c2cc([N+](=O)[O-])ccc21. The molecule has 1 aromatic heterocycles. The number of carbonyl (C=O) groups excluding carboxylic acids is 2. The lowest BCUT2D eigenvalue weighted by Crippen LogP contribution is -2.41. The first-order valence-electron chi connectivity index (χ1n) is 12.1. The summed E-state index contributed by atoms with van der Waals surface area (Å²) in [5.74, 6) is -0.503. The van der Waals surface area contributed by atoms with Crippen LogP contribution in [0.15, 0.2) is 82.1 Å². The van der Waals surface area contributed by atoms with Crippen molar-refractivity contribution in [1.82, 2.24) is 14.0 Å². The van der Waals surface area contributed by atoms with Gasteiger partial charge in [0, 0.05) is 29.7 Å². The van der Waals surface area contributed by atoms with E-state index in [1.54, 1.807) is 12.1 Å². The van der Waals surface area contributed by atoms with Gasteiger partial charge < -0.3 is 15.4 Å². The van der Waals surface area contributed by atoms with Gasteiger partial charge in [0.2, 0.25) is 11.8 Å². The van der Waals surface area contributed by atoms with Gasteiger partial charge in [0.25, 0.3) is 5.69 Å². The molecule has 0 atom stereocenters. The third-order valence-corrected chi connectivity index (χ3v) is 6.50. The van der Waals surface area contributed by atoms with Gasteiger partial charge in [0.1, 0.15) is 12.3 Å². The molecule has 39 heavy (non-hydrogen) atoms. The maximum Gasteiger partial charge on any atom is 0.329 e. The molecule has 0 fully saturated rings. The van der Waals surface area contributed by atoms with Crippen molar-refractivity contribution in [2.24, 2.45) is 5.73 Å². The fourth-order valence-electron chi connectivity index (χ4n) is 4.23. The van der Waals surface area contributed by atoms with Crippen LogP contribution in [0.4, 0.5) is 5.69 Å². The molecule has 0 spiro atoms. The number of nitrogens with two attached hydrogens (primary N) is 1. The number of carbonyl (C=O) groups is 2. The molecule has 0 aliphatic rings. The van der Waals surface area contributed by atoms with Gasteiger partial charge in [-0.2, -0.15) is 0 Å². The molecule has 0 aliphatic heterocycles. The monoisotopic (exact) mass is 595 g/mol. The van der Waals surface area contributed by atoms with Crippen molar-refractivity contribution in [2.45, 2.75) is 26.1 Å². The number of nitro groups is 1.